The fourth-order valence-electron chi connectivity index (χ4n) is 2.62. The van der Waals surface area contributed by atoms with Crippen molar-refractivity contribution in [1.82, 2.24) is 10.2 Å². The van der Waals surface area contributed by atoms with Crippen molar-refractivity contribution in [2.24, 2.45) is 0 Å². The van der Waals surface area contributed by atoms with Crippen molar-refractivity contribution in [3.63, 3.8) is 0 Å². The van der Waals surface area contributed by atoms with Gasteiger partial charge in [0, 0.05) is 25.2 Å². The van der Waals surface area contributed by atoms with Gasteiger partial charge in [-0.1, -0.05) is 30.3 Å². The summed E-state index contributed by atoms with van der Waals surface area (Å²) in [6, 6.07) is 11.3. The van der Waals surface area contributed by atoms with E-state index >= 15 is 0 Å². The molecule has 1 aromatic rings. The minimum atomic E-state index is 0.0376. The first-order chi connectivity index (χ1) is 9.61. The van der Waals surface area contributed by atoms with E-state index in [0.717, 1.165) is 19.5 Å². The molecule has 4 heteroatoms. The molecule has 3 atom stereocenters. The molecular weight excluding hydrogens is 268 g/mol. The summed E-state index contributed by atoms with van der Waals surface area (Å²) in [6.45, 7) is 6.20. The van der Waals surface area contributed by atoms with Gasteiger partial charge in [0.2, 0.25) is 5.91 Å². The number of nitrogens with zero attached hydrogens (tertiary/aromatic N) is 1. The van der Waals surface area contributed by atoms with E-state index in [1.165, 1.54) is 5.56 Å². The van der Waals surface area contributed by atoms with Gasteiger partial charge in [-0.2, -0.15) is 11.8 Å². The minimum absolute atomic E-state index is 0.0376. The van der Waals surface area contributed by atoms with Crippen LogP contribution in [-0.4, -0.2) is 41.4 Å². The number of hydrogen-bond donors (Lipinski definition) is 1. The lowest BCUT2D eigenvalue weighted by molar-refractivity contribution is -0.120. The molecule has 0 aromatic heterocycles. The molecule has 1 saturated heterocycles. The molecule has 0 radical (unpaired) electrons. The summed E-state index contributed by atoms with van der Waals surface area (Å²) in [4.78, 5) is 14.4. The number of amides is 1. The summed E-state index contributed by atoms with van der Waals surface area (Å²) in [5.41, 5.74) is 1.34. The third-order valence-corrected chi connectivity index (χ3v) is 5.04. The maximum absolute atomic E-state index is 11.9. The Kier molecular flexibility index (Phi) is 5.49. The first kappa shape index (κ1) is 15.4. The maximum atomic E-state index is 11.9. The molecule has 0 spiro atoms. The van der Waals surface area contributed by atoms with Crippen LogP contribution in [0.5, 0.6) is 0 Å². The Hall–Kier alpha value is -1.00. The SMILES string of the molecule is CS[C@H](C)C(=O)N[C@@H]1CCN([C@H](C)c2ccccc2)C1. The quantitative estimate of drug-likeness (QED) is 0.905. The van der Waals surface area contributed by atoms with Crippen molar-refractivity contribution >= 4 is 17.7 Å². The zero-order valence-corrected chi connectivity index (χ0v) is 13.3. The molecule has 0 saturated carbocycles. The molecule has 3 nitrogen and oxygen atoms in total. The van der Waals surface area contributed by atoms with Crippen molar-refractivity contribution in [2.75, 3.05) is 19.3 Å². The fourth-order valence-corrected chi connectivity index (χ4v) is 2.91. The van der Waals surface area contributed by atoms with Crippen LogP contribution < -0.4 is 5.32 Å². The molecule has 1 amide bonds. The average Bonchev–Trinajstić information content (AvgIpc) is 2.94. The Labute approximate surface area is 126 Å². The van der Waals surface area contributed by atoms with Crippen molar-refractivity contribution in [2.45, 2.75) is 37.6 Å². The third-order valence-electron chi connectivity index (χ3n) is 4.12. The number of thioether (sulfide) groups is 1. The van der Waals surface area contributed by atoms with Gasteiger partial charge in [0.05, 0.1) is 5.25 Å². The molecule has 0 bridgehead atoms. The molecule has 0 unspecified atom stereocenters. The summed E-state index contributed by atoms with van der Waals surface area (Å²) in [6.07, 6.45) is 3.02. The van der Waals surface area contributed by atoms with E-state index < -0.39 is 0 Å². The van der Waals surface area contributed by atoms with Crippen LogP contribution in [0.25, 0.3) is 0 Å². The Morgan fingerprint density at radius 3 is 2.70 bits per heavy atom. The number of rotatable bonds is 5. The van der Waals surface area contributed by atoms with E-state index in [9.17, 15) is 4.79 Å². The van der Waals surface area contributed by atoms with Gasteiger partial charge in [-0.05, 0) is 32.1 Å². The average molecular weight is 292 g/mol. The standard InChI is InChI=1S/C16H24N2OS/c1-12(14-7-5-4-6-8-14)18-10-9-15(11-18)17-16(19)13(2)20-3/h4-8,12-13,15H,9-11H2,1-3H3,(H,17,19)/t12-,13-,15-/m1/s1. The van der Waals surface area contributed by atoms with Gasteiger partial charge >= 0.3 is 0 Å². The molecule has 0 aliphatic carbocycles. The van der Waals surface area contributed by atoms with Crippen molar-refractivity contribution in [3.05, 3.63) is 35.9 Å². The molecule has 1 aliphatic rings. The lowest BCUT2D eigenvalue weighted by Gasteiger charge is -2.25. The van der Waals surface area contributed by atoms with Crippen LogP contribution in [0, 0.1) is 0 Å². The fraction of sp³-hybridized carbons (Fsp3) is 0.562. The Balaban J connectivity index is 1.88. The summed E-state index contributed by atoms with van der Waals surface area (Å²) >= 11 is 1.59. The first-order valence-electron chi connectivity index (χ1n) is 7.24. The second kappa shape index (κ2) is 7.14. The monoisotopic (exact) mass is 292 g/mol. The Morgan fingerprint density at radius 1 is 1.35 bits per heavy atom. The van der Waals surface area contributed by atoms with Gasteiger partial charge in [-0.3, -0.25) is 9.69 Å². The normalized spacial score (nSPS) is 22.4. The molecular formula is C16H24N2OS. The second-order valence-electron chi connectivity index (χ2n) is 5.45. The first-order valence-corrected chi connectivity index (χ1v) is 8.52. The topological polar surface area (TPSA) is 32.3 Å². The van der Waals surface area contributed by atoms with E-state index in [1.807, 2.05) is 19.2 Å². The molecule has 1 heterocycles. The van der Waals surface area contributed by atoms with Crippen molar-refractivity contribution < 1.29 is 4.79 Å². The van der Waals surface area contributed by atoms with E-state index in [4.69, 9.17) is 0 Å². The van der Waals surface area contributed by atoms with E-state index in [1.54, 1.807) is 11.8 Å². The smallest absolute Gasteiger partial charge is 0.233 e. The highest BCUT2D eigenvalue weighted by Crippen LogP contribution is 2.24. The minimum Gasteiger partial charge on any atom is -0.351 e. The predicted octanol–water partition coefficient (Wildman–Crippen LogP) is 2.69. The summed E-state index contributed by atoms with van der Waals surface area (Å²) < 4.78 is 0. The zero-order chi connectivity index (χ0) is 14.5. The largest absolute Gasteiger partial charge is 0.351 e. The number of nitrogens with one attached hydrogen (secondary N) is 1. The predicted molar refractivity (Wildman–Crippen MR) is 86.0 cm³/mol. The van der Waals surface area contributed by atoms with Gasteiger partial charge in [0.15, 0.2) is 0 Å². The molecule has 1 N–H and O–H groups in total. The lowest BCUT2D eigenvalue weighted by Crippen LogP contribution is -2.41. The van der Waals surface area contributed by atoms with Crippen LogP contribution in [0.2, 0.25) is 0 Å². The van der Waals surface area contributed by atoms with Crippen molar-refractivity contribution in [1.29, 1.82) is 0 Å². The summed E-state index contributed by atoms with van der Waals surface area (Å²) in [5.74, 6) is 0.164. The molecule has 1 fully saturated rings. The van der Waals surface area contributed by atoms with Crippen LogP contribution in [0.3, 0.4) is 0 Å². The number of carbonyl (C=O) groups excluding carboxylic acids is 1. The van der Waals surface area contributed by atoms with Crippen molar-refractivity contribution in [3.8, 4) is 0 Å². The van der Waals surface area contributed by atoms with E-state index in [2.05, 4.69) is 41.4 Å². The third kappa shape index (κ3) is 3.76. The van der Waals surface area contributed by atoms with Crippen LogP contribution in [0.4, 0.5) is 0 Å². The van der Waals surface area contributed by atoms with Gasteiger partial charge in [0.25, 0.3) is 0 Å². The van der Waals surface area contributed by atoms with Crippen LogP contribution in [0.15, 0.2) is 30.3 Å². The number of likely N-dealkylation sites (tertiary alicyclic amines) is 1. The number of benzene rings is 1. The Morgan fingerprint density at radius 2 is 2.05 bits per heavy atom. The number of carbonyl (C=O) groups is 1. The van der Waals surface area contributed by atoms with Gasteiger partial charge in [0.1, 0.15) is 0 Å². The van der Waals surface area contributed by atoms with Crippen LogP contribution >= 0.6 is 11.8 Å². The molecule has 20 heavy (non-hydrogen) atoms. The molecule has 1 aliphatic heterocycles. The summed E-state index contributed by atoms with van der Waals surface area (Å²) in [7, 11) is 0. The molecule has 1 aromatic carbocycles. The maximum Gasteiger partial charge on any atom is 0.233 e. The number of hydrogen-bond acceptors (Lipinski definition) is 3. The molecule has 2 rings (SSSR count). The zero-order valence-electron chi connectivity index (χ0n) is 12.5. The van der Waals surface area contributed by atoms with Gasteiger partial charge < -0.3 is 5.32 Å². The lowest BCUT2D eigenvalue weighted by atomic mass is 10.1. The van der Waals surface area contributed by atoms with Crippen LogP contribution in [0.1, 0.15) is 31.9 Å². The Bertz CT molecular complexity index is 437. The van der Waals surface area contributed by atoms with E-state index in [-0.39, 0.29) is 11.2 Å². The van der Waals surface area contributed by atoms with Gasteiger partial charge in [-0.25, -0.2) is 0 Å². The highest BCUT2D eigenvalue weighted by atomic mass is 32.2. The summed E-state index contributed by atoms with van der Waals surface area (Å²) in [5, 5.41) is 3.20. The van der Waals surface area contributed by atoms with Crippen LogP contribution in [-0.2, 0) is 4.79 Å². The highest BCUT2D eigenvalue weighted by molar-refractivity contribution is 7.99. The molecule has 110 valence electrons. The second-order valence-corrected chi connectivity index (χ2v) is 6.63. The van der Waals surface area contributed by atoms with Gasteiger partial charge in [-0.15, -0.1) is 0 Å². The highest BCUT2D eigenvalue weighted by Gasteiger charge is 2.28. The van der Waals surface area contributed by atoms with E-state index in [0.29, 0.717) is 12.1 Å².